The number of carbonyl (C=O) groups is 14. The summed E-state index contributed by atoms with van der Waals surface area (Å²) in [5.74, 6) is -12.9. The SMILES string of the molecule is CC[C@H](C)[C@@H]1NC(=O)[C@H](CC(C)C)N(C)C(=O)CCN(C)C(=O)C[C@@H](C(=O)N(C)[C@@H](Cc2ccccc2)C(=O)N(C)[C@@H](Cc2ccccc2)C(=O)C[C@@H](C)C(=O)N2CCCCC2)NC(=O)[C@H](C(C)C)N(C)C(=O)[C@H](CC(C)C)N(C)C(=O)CN(C)C(=O)[C@H]([C@@H](C)O)NC(=O)[C@H](Cc2ccccc2)NC(=O)[C@H](C(C)C)N(C)C1=O. The van der Waals surface area contributed by atoms with Gasteiger partial charge in [-0.15, -0.1) is 0 Å². The molecule has 28 nitrogen and oxygen atoms in total. The zero-order chi connectivity index (χ0) is 84.6. The van der Waals surface area contributed by atoms with Gasteiger partial charge in [0.05, 0.1) is 25.1 Å². The Morgan fingerprint density at radius 2 is 0.973 bits per heavy atom. The van der Waals surface area contributed by atoms with Crippen molar-refractivity contribution in [3.8, 4) is 0 Å². The normalized spacial score (nSPS) is 22.9. The number of amides is 13. The first-order valence-electron chi connectivity index (χ1n) is 40.0. The fourth-order valence-corrected chi connectivity index (χ4v) is 14.8. The molecule has 0 saturated carbocycles. The van der Waals surface area contributed by atoms with Crippen molar-refractivity contribution in [2.75, 3.05) is 82.6 Å². The maximum absolute atomic E-state index is 15.9. The van der Waals surface area contributed by atoms with E-state index in [1.165, 1.54) is 82.9 Å². The van der Waals surface area contributed by atoms with Crippen LogP contribution in [0.2, 0.25) is 0 Å². The van der Waals surface area contributed by atoms with E-state index in [-0.39, 0.29) is 75.0 Å². The van der Waals surface area contributed by atoms with Gasteiger partial charge in [-0.2, -0.15) is 0 Å². The van der Waals surface area contributed by atoms with Crippen LogP contribution in [0.25, 0.3) is 0 Å². The highest BCUT2D eigenvalue weighted by Crippen LogP contribution is 2.26. The summed E-state index contributed by atoms with van der Waals surface area (Å²) in [7, 11) is 11.1. The molecule has 0 bridgehead atoms. The molecule has 624 valence electrons. The number of ketones is 1. The summed E-state index contributed by atoms with van der Waals surface area (Å²) >= 11 is 0. The van der Waals surface area contributed by atoms with Crippen LogP contribution in [0, 0.1) is 35.5 Å². The Kier molecular flexibility index (Phi) is 36.7. The molecule has 3 aromatic carbocycles. The van der Waals surface area contributed by atoms with Gasteiger partial charge >= 0.3 is 0 Å². The van der Waals surface area contributed by atoms with Crippen molar-refractivity contribution in [1.82, 2.24) is 65.4 Å². The van der Waals surface area contributed by atoms with Gasteiger partial charge in [-0.1, -0.05) is 174 Å². The maximum atomic E-state index is 15.9. The van der Waals surface area contributed by atoms with Crippen molar-refractivity contribution < 1.29 is 72.2 Å². The van der Waals surface area contributed by atoms with Crippen LogP contribution in [0.5, 0.6) is 0 Å². The van der Waals surface area contributed by atoms with E-state index < -0.39 is 174 Å². The van der Waals surface area contributed by atoms with Crippen LogP contribution in [0.3, 0.4) is 0 Å². The second-order valence-electron chi connectivity index (χ2n) is 32.7. The molecule has 2 aliphatic rings. The first-order chi connectivity index (χ1) is 53.1. The van der Waals surface area contributed by atoms with Crippen LogP contribution in [-0.4, -0.2) is 281 Å². The van der Waals surface area contributed by atoms with Gasteiger partial charge in [0.1, 0.15) is 54.4 Å². The lowest BCUT2D eigenvalue weighted by Crippen LogP contribution is -2.62. The van der Waals surface area contributed by atoms with Gasteiger partial charge < -0.3 is 70.5 Å². The van der Waals surface area contributed by atoms with Crippen molar-refractivity contribution in [3.05, 3.63) is 108 Å². The van der Waals surface area contributed by atoms with Gasteiger partial charge in [0.2, 0.25) is 76.8 Å². The van der Waals surface area contributed by atoms with Gasteiger partial charge in [-0.3, -0.25) is 67.1 Å². The van der Waals surface area contributed by atoms with Crippen LogP contribution in [0.15, 0.2) is 91.0 Å². The average Bonchev–Trinajstić information content (AvgIpc) is 0.812. The number of nitrogens with zero attached hydrogens (tertiary/aromatic N) is 9. The number of aliphatic hydroxyl groups excluding tert-OH is 1. The second-order valence-corrected chi connectivity index (χ2v) is 32.7. The van der Waals surface area contributed by atoms with E-state index in [1.54, 1.807) is 119 Å². The fraction of sp³-hybridized carbons (Fsp3) is 0.624. The highest BCUT2D eigenvalue weighted by Gasteiger charge is 2.45. The van der Waals surface area contributed by atoms with E-state index >= 15 is 28.8 Å². The van der Waals surface area contributed by atoms with Crippen molar-refractivity contribution in [3.63, 3.8) is 0 Å². The molecular weight excluding hydrogens is 1440 g/mol. The Morgan fingerprint density at radius 3 is 1.48 bits per heavy atom. The molecule has 2 fully saturated rings. The second kappa shape index (κ2) is 44.2. The third-order valence-corrected chi connectivity index (χ3v) is 22.0. The van der Waals surface area contributed by atoms with Crippen LogP contribution < -0.4 is 21.3 Å². The lowest BCUT2D eigenvalue weighted by molar-refractivity contribution is -0.152. The maximum Gasteiger partial charge on any atom is 0.248 e. The first kappa shape index (κ1) is 94.0. The number of Topliss-reactive ketones (excluding diaryl/α,β-unsaturated/α-hetero) is 1. The minimum absolute atomic E-state index is 0.0336. The van der Waals surface area contributed by atoms with E-state index in [0.29, 0.717) is 30.6 Å². The topological polar surface area (TPSA) is 336 Å². The molecule has 0 radical (unpaired) electrons. The minimum Gasteiger partial charge on any atom is -0.391 e. The molecule has 0 aromatic heterocycles. The molecule has 5 N–H and O–H groups in total. The van der Waals surface area contributed by atoms with Gasteiger partial charge in [0, 0.05) is 108 Å². The quantitative estimate of drug-likeness (QED) is 0.0854. The summed E-state index contributed by atoms with van der Waals surface area (Å²) in [6.45, 7) is 20.8. The Hall–Kier alpha value is -9.60. The number of aliphatic hydroxyl groups is 1. The lowest BCUT2D eigenvalue weighted by Gasteiger charge is -2.38. The molecule has 13 amide bonds. The van der Waals surface area contributed by atoms with E-state index in [9.17, 15) is 43.5 Å². The summed E-state index contributed by atoms with van der Waals surface area (Å²) in [6.07, 6.45) is 0.0860. The van der Waals surface area contributed by atoms with Crippen molar-refractivity contribution >= 4 is 82.6 Å². The predicted octanol–water partition coefficient (Wildman–Crippen LogP) is 4.77. The molecule has 0 spiro atoms. The number of piperidine rings is 1. The van der Waals surface area contributed by atoms with Crippen LogP contribution in [0.1, 0.15) is 158 Å². The van der Waals surface area contributed by atoms with Gasteiger partial charge in [-0.25, -0.2) is 0 Å². The van der Waals surface area contributed by atoms with E-state index in [4.69, 9.17) is 0 Å². The number of benzene rings is 3. The molecule has 28 heteroatoms. The average molecular weight is 1570 g/mol. The Bertz CT molecular complexity index is 3720. The zero-order valence-electron chi connectivity index (χ0n) is 70.5. The Balaban J connectivity index is 1.66. The zero-order valence-corrected chi connectivity index (χ0v) is 70.5. The van der Waals surface area contributed by atoms with Crippen molar-refractivity contribution in [2.45, 2.75) is 227 Å². The van der Waals surface area contributed by atoms with Crippen molar-refractivity contribution in [2.24, 2.45) is 35.5 Å². The van der Waals surface area contributed by atoms with Gasteiger partial charge in [0.25, 0.3) is 0 Å². The minimum atomic E-state index is -1.81. The van der Waals surface area contributed by atoms with Crippen LogP contribution in [0.4, 0.5) is 0 Å². The van der Waals surface area contributed by atoms with Crippen LogP contribution in [-0.2, 0) is 86.4 Å². The standard InChI is InChI=1S/C85H129N13O15/c1-21-56(10)72-85(113)97(20)75(55(8)9)78(106)86-62(47-59-34-26-22-27-35-59)76(104)89-73(58(12)99)84(112)91(14)51-71(103)93(16)66(45-53(4)5)83(111)96(19)74(54(6)7)79(107)87-63(50-70(102)90(13)43-40-69(101)92(15)65(44-52(2)3)77(105)88-72)81(109)95(18)67(49-61-38-30-24-31-39-61)82(110)94(17)64(48-60-36-28-23-29-37-60)68(100)46-57(11)80(108)98-41-32-25-33-42-98/h22-24,26-31,34-39,52-58,62-67,72-75,99H,21,25,32-33,40-51H2,1-20H3,(H,86,106)(H,87,107)(H,88,105)(H,89,104)/t56-,57+,58+,62-,63-,64-,65-,66-,67-,72-,73-,74-,75-/m0/s1. The molecule has 2 saturated heterocycles. The highest BCUT2D eigenvalue weighted by molar-refractivity contribution is 6.01. The molecule has 3 aromatic rings. The molecule has 13 atom stereocenters. The number of hydrogen-bond acceptors (Lipinski definition) is 15. The smallest absolute Gasteiger partial charge is 0.248 e. The molecule has 0 aliphatic carbocycles. The molecule has 5 rings (SSSR count). The van der Waals surface area contributed by atoms with E-state index in [0.717, 1.165) is 44.4 Å². The van der Waals surface area contributed by atoms with Gasteiger partial charge in [-0.05, 0) is 91.7 Å². The summed E-state index contributed by atoms with van der Waals surface area (Å²) in [5.41, 5.74) is 1.91. The molecule has 2 heterocycles. The van der Waals surface area contributed by atoms with E-state index in [2.05, 4.69) is 21.3 Å². The van der Waals surface area contributed by atoms with Crippen molar-refractivity contribution in [1.29, 1.82) is 0 Å². The van der Waals surface area contributed by atoms with E-state index in [1.807, 2.05) is 52.8 Å². The summed E-state index contributed by atoms with van der Waals surface area (Å²) < 4.78 is 0. The number of likely N-dealkylation sites (N-methyl/N-ethyl adjacent to an activating group) is 7. The largest absolute Gasteiger partial charge is 0.391 e. The molecule has 2 aliphatic heterocycles. The predicted molar refractivity (Wildman–Crippen MR) is 431 cm³/mol. The summed E-state index contributed by atoms with van der Waals surface area (Å²) in [4.78, 5) is 221. The number of nitrogens with one attached hydrogen (secondary N) is 4. The molecular formula is C85H129N13O15. The number of hydrogen-bond donors (Lipinski definition) is 5. The highest BCUT2D eigenvalue weighted by atomic mass is 16.3. The van der Waals surface area contributed by atoms with Crippen LogP contribution >= 0.6 is 0 Å². The molecule has 0 unspecified atom stereocenters. The summed E-state index contributed by atoms with van der Waals surface area (Å²) in [6, 6.07) is 12.6. The monoisotopic (exact) mass is 1570 g/mol. The Morgan fingerprint density at radius 1 is 0.496 bits per heavy atom. The summed E-state index contributed by atoms with van der Waals surface area (Å²) in [5, 5.41) is 22.4. The Labute approximate surface area is 669 Å². The fourth-order valence-electron chi connectivity index (χ4n) is 14.8. The van der Waals surface area contributed by atoms with Gasteiger partial charge in [0.15, 0.2) is 5.78 Å². The number of carbonyl (C=O) groups excluding carboxylic acids is 14. The lowest BCUT2D eigenvalue weighted by atomic mass is 9.92. The number of rotatable bonds is 23. The third kappa shape index (κ3) is 26.5. The first-order valence-corrected chi connectivity index (χ1v) is 40.0. The molecule has 113 heavy (non-hydrogen) atoms. The number of likely N-dealkylation sites (tertiary alicyclic amines) is 1. The third-order valence-electron chi connectivity index (χ3n) is 22.0.